The Labute approximate surface area is 162 Å². The molecule has 148 valence electrons. The highest BCUT2D eigenvalue weighted by Gasteiger charge is 2.20. The number of rotatable bonds is 7. The lowest BCUT2D eigenvalue weighted by Gasteiger charge is -2.18. The summed E-state index contributed by atoms with van der Waals surface area (Å²) in [6.07, 6.45) is 0.0177. The Morgan fingerprint density at radius 1 is 1.00 bits per heavy atom. The first kappa shape index (κ1) is 20.8. The molecule has 0 fully saturated rings. The number of hydrogen-bond acceptors (Lipinski definition) is 5. The fraction of sp³-hybridized carbons (Fsp3) is 0.250. The van der Waals surface area contributed by atoms with Crippen LogP contribution in [-0.2, 0) is 11.2 Å². The second-order valence-electron chi connectivity index (χ2n) is 6.18. The lowest BCUT2D eigenvalue weighted by molar-refractivity contribution is -0.115. The molecule has 0 unspecified atom stereocenters. The number of carbonyl (C=O) groups excluding carboxylic acids is 2. The van der Waals surface area contributed by atoms with E-state index in [0.717, 1.165) is 0 Å². The Bertz CT molecular complexity index is 890. The minimum Gasteiger partial charge on any atom is -0.493 e. The number of amides is 2. The van der Waals surface area contributed by atoms with Crippen LogP contribution in [0.1, 0.15) is 26.3 Å². The van der Waals surface area contributed by atoms with Gasteiger partial charge in [-0.1, -0.05) is 12.1 Å². The van der Waals surface area contributed by atoms with Crippen molar-refractivity contribution in [1.29, 1.82) is 0 Å². The first-order valence-electron chi connectivity index (χ1n) is 8.36. The molecule has 8 nitrogen and oxygen atoms in total. The summed E-state index contributed by atoms with van der Waals surface area (Å²) in [4.78, 5) is 37.3. The van der Waals surface area contributed by atoms with E-state index in [0.29, 0.717) is 22.7 Å². The van der Waals surface area contributed by atoms with Gasteiger partial charge in [-0.05, 0) is 23.8 Å². The molecule has 0 saturated heterocycles. The summed E-state index contributed by atoms with van der Waals surface area (Å²) in [5.41, 5.74) is 1.34. The monoisotopic (exact) mass is 386 g/mol. The molecule has 2 aromatic carbocycles. The first-order chi connectivity index (χ1) is 13.3. The Hall–Kier alpha value is -3.55. The molecule has 0 bridgehead atoms. The van der Waals surface area contributed by atoms with Crippen LogP contribution < -0.4 is 14.8 Å². The van der Waals surface area contributed by atoms with Crippen LogP contribution in [0.5, 0.6) is 11.5 Å². The SMILES string of the molecule is COc1cc(NC(=O)Cc2ccc(C(=O)O)cc2)c(C(=O)N(C)C)cc1OC. The van der Waals surface area contributed by atoms with Gasteiger partial charge in [0.25, 0.3) is 5.91 Å². The van der Waals surface area contributed by atoms with E-state index in [-0.39, 0.29) is 29.4 Å². The zero-order valence-corrected chi connectivity index (χ0v) is 16.1. The number of nitrogens with zero attached hydrogens (tertiary/aromatic N) is 1. The molecule has 8 heteroatoms. The van der Waals surface area contributed by atoms with Gasteiger partial charge in [0.15, 0.2) is 11.5 Å². The molecule has 0 aliphatic rings. The molecular formula is C20H22N2O6. The smallest absolute Gasteiger partial charge is 0.335 e. The van der Waals surface area contributed by atoms with E-state index in [1.54, 1.807) is 26.2 Å². The molecule has 2 rings (SSSR count). The topological polar surface area (TPSA) is 105 Å². The van der Waals surface area contributed by atoms with Gasteiger partial charge in [0.2, 0.25) is 5.91 Å². The quantitative estimate of drug-likeness (QED) is 0.756. The maximum absolute atomic E-state index is 12.5. The zero-order chi connectivity index (χ0) is 20.8. The Morgan fingerprint density at radius 2 is 1.57 bits per heavy atom. The molecule has 0 spiro atoms. The molecule has 0 radical (unpaired) electrons. The number of carboxylic acids is 1. The van der Waals surface area contributed by atoms with Crippen molar-refractivity contribution in [3.05, 3.63) is 53.1 Å². The number of benzene rings is 2. The molecule has 0 heterocycles. The van der Waals surface area contributed by atoms with E-state index in [1.807, 2.05) is 0 Å². The minimum atomic E-state index is -1.03. The highest BCUT2D eigenvalue weighted by Crippen LogP contribution is 2.34. The number of carboxylic acid groups (broad SMARTS) is 1. The molecule has 0 aromatic heterocycles. The average molecular weight is 386 g/mol. The number of carbonyl (C=O) groups is 3. The van der Waals surface area contributed by atoms with Crippen LogP contribution in [0.15, 0.2) is 36.4 Å². The molecular weight excluding hydrogens is 364 g/mol. The van der Waals surface area contributed by atoms with E-state index in [9.17, 15) is 14.4 Å². The van der Waals surface area contributed by atoms with Crippen LogP contribution >= 0.6 is 0 Å². The van der Waals surface area contributed by atoms with Crippen LogP contribution in [-0.4, -0.2) is 56.1 Å². The summed E-state index contributed by atoms with van der Waals surface area (Å²) in [5, 5.41) is 11.7. The summed E-state index contributed by atoms with van der Waals surface area (Å²) in [7, 11) is 6.13. The molecule has 0 saturated carbocycles. The van der Waals surface area contributed by atoms with E-state index in [2.05, 4.69) is 5.32 Å². The predicted octanol–water partition coefficient (Wildman–Crippen LogP) is 2.29. The van der Waals surface area contributed by atoms with Gasteiger partial charge in [0, 0.05) is 20.2 Å². The lowest BCUT2D eigenvalue weighted by Crippen LogP contribution is -2.24. The van der Waals surface area contributed by atoms with Gasteiger partial charge in [-0.25, -0.2) is 4.79 Å². The third-order valence-corrected chi connectivity index (χ3v) is 4.00. The van der Waals surface area contributed by atoms with E-state index < -0.39 is 5.97 Å². The number of hydrogen-bond donors (Lipinski definition) is 2. The minimum absolute atomic E-state index is 0.0177. The Kier molecular flexibility index (Phi) is 6.59. The predicted molar refractivity (Wildman–Crippen MR) is 103 cm³/mol. The summed E-state index contributed by atoms with van der Waals surface area (Å²) < 4.78 is 10.5. The van der Waals surface area contributed by atoms with E-state index in [1.165, 1.54) is 43.4 Å². The highest BCUT2D eigenvalue weighted by atomic mass is 16.5. The average Bonchev–Trinajstić information content (AvgIpc) is 2.67. The van der Waals surface area contributed by atoms with Crippen LogP contribution in [0.4, 0.5) is 5.69 Å². The summed E-state index contributed by atoms with van der Waals surface area (Å²) >= 11 is 0. The highest BCUT2D eigenvalue weighted by molar-refractivity contribution is 6.04. The molecule has 2 amide bonds. The van der Waals surface area contributed by atoms with Crippen molar-refractivity contribution >= 4 is 23.5 Å². The van der Waals surface area contributed by atoms with Gasteiger partial charge < -0.3 is 24.8 Å². The largest absolute Gasteiger partial charge is 0.493 e. The molecule has 28 heavy (non-hydrogen) atoms. The van der Waals surface area contributed by atoms with Crippen molar-refractivity contribution in [3.63, 3.8) is 0 Å². The zero-order valence-electron chi connectivity index (χ0n) is 16.1. The molecule has 0 aliphatic carbocycles. The van der Waals surface area contributed by atoms with Crippen LogP contribution in [0.2, 0.25) is 0 Å². The van der Waals surface area contributed by atoms with Crippen LogP contribution in [0.3, 0.4) is 0 Å². The van der Waals surface area contributed by atoms with Crippen molar-refractivity contribution in [2.75, 3.05) is 33.6 Å². The maximum atomic E-state index is 12.5. The van der Waals surface area contributed by atoms with Crippen molar-refractivity contribution in [1.82, 2.24) is 4.90 Å². The van der Waals surface area contributed by atoms with Gasteiger partial charge in [0.05, 0.1) is 37.5 Å². The van der Waals surface area contributed by atoms with Gasteiger partial charge in [0.1, 0.15) is 0 Å². The van der Waals surface area contributed by atoms with Crippen LogP contribution in [0, 0.1) is 0 Å². The Morgan fingerprint density at radius 3 is 2.07 bits per heavy atom. The third-order valence-electron chi connectivity index (χ3n) is 4.00. The van der Waals surface area contributed by atoms with Gasteiger partial charge >= 0.3 is 5.97 Å². The lowest BCUT2D eigenvalue weighted by atomic mass is 10.1. The number of methoxy groups -OCH3 is 2. The first-order valence-corrected chi connectivity index (χ1v) is 8.36. The van der Waals surface area contributed by atoms with Crippen molar-refractivity contribution in [2.45, 2.75) is 6.42 Å². The van der Waals surface area contributed by atoms with Crippen molar-refractivity contribution in [3.8, 4) is 11.5 Å². The second-order valence-corrected chi connectivity index (χ2v) is 6.18. The Balaban J connectivity index is 2.28. The van der Waals surface area contributed by atoms with Gasteiger partial charge in [-0.3, -0.25) is 9.59 Å². The number of ether oxygens (including phenoxy) is 2. The van der Waals surface area contributed by atoms with Crippen molar-refractivity contribution < 1.29 is 29.0 Å². The molecule has 2 N–H and O–H groups in total. The maximum Gasteiger partial charge on any atom is 0.335 e. The fourth-order valence-corrected chi connectivity index (χ4v) is 2.55. The number of aromatic carboxylic acids is 1. The van der Waals surface area contributed by atoms with Crippen LogP contribution in [0.25, 0.3) is 0 Å². The number of anilines is 1. The standard InChI is InChI=1S/C20H22N2O6/c1-22(2)19(24)14-10-16(27-3)17(28-4)11-15(14)21-18(23)9-12-5-7-13(8-6-12)20(25)26/h5-8,10-11H,9H2,1-4H3,(H,21,23)(H,25,26). The van der Waals surface area contributed by atoms with E-state index in [4.69, 9.17) is 14.6 Å². The van der Waals surface area contributed by atoms with E-state index >= 15 is 0 Å². The summed E-state index contributed by atoms with van der Waals surface area (Å²) in [6.45, 7) is 0. The van der Waals surface area contributed by atoms with Crippen molar-refractivity contribution in [2.24, 2.45) is 0 Å². The fourth-order valence-electron chi connectivity index (χ4n) is 2.55. The molecule has 0 aliphatic heterocycles. The third kappa shape index (κ3) is 4.79. The second kappa shape index (κ2) is 8.90. The number of nitrogens with one attached hydrogen (secondary N) is 1. The molecule has 0 atom stereocenters. The van der Waals surface area contributed by atoms with Gasteiger partial charge in [-0.15, -0.1) is 0 Å². The van der Waals surface area contributed by atoms with Gasteiger partial charge in [-0.2, -0.15) is 0 Å². The molecule has 2 aromatic rings. The summed E-state index contributed by atoms with van der Waals surface area (Å²) in [5.74, 6) is -0.952. The summed E-state index contributed by atoms with van der Waals surface area (Å²) in [6, 6.07) is 9.05. The normalized spacial score (nSPS) is 10.1.